The Morgan fingerprint density at radius 3 is 2.95 bits per heavy atom. The van der Waals surface area contributed by atoms with E-state index in [9.17, 15) is 5.11 Å². The Labute approximate surface area is 113 Å². The number of piperidine rings is 1. The lowest BCUT2D eigenvalue weighted by molar-refractivity contribution is 0.216. The molecule has 102 valence electrons. The molecule has 19 heavy (non-hydrogen) atoms. The molecule has 1 aromatic rings. The smallest absolute Gasteiger partial charge is 0.184 e. The number of aliphatic imine (C=N–C) groups is 1. The summed E-state index contributed by atoms with van der Waals surface area (Å²) in [6.07, 6.45) is 3.35. The van der Waals surface area contributed by atoms with Gasteiger partial charge in [0, 0.05) is 6.42 Å². The van der Waals surface area contributed by atoms with Crippen LogP contribution in [0.15, 0.2) is 29.3 Å². The second-order valence-corrected chi connectivity index (χ2v) is 5.33. The summed E-state index contributed by atoms with van der Waals surface area (Å²) in [6, 6.07) is 7.26. The van der Waals surface area contributed by atoms with Crippen molar-refractivity contribution in [3.63, 3.8) is 0 Å². The molecule has 4 nitrogen and oxygen atoms in total. The summed E-state index contributed by atoms with van der Waals surface area (Å²) >= 11 is 0. The van der Waals surface area contributed by atoms with Gasteiger partial charge in [0.05, 0.1) is 6.54 Å². The molecule has 0 bridgehead atoms. The number of hydrogen-bond acceptors (Lipinski definition) is 4. The predicted octanol–water partition coefficient (Wildman–Crippen LogP) is 2.25. The maximum absolute atomic E-state index is 9.50. The zero-order valence-corrected chi connectivity index (χ0v) is 11.0. The molecule has 2 heterocycles. The second-order valence-electron chi connectivity index (χ2n) is 5.33. The van der Waals surface area contributed by atoms with E-state index in [4.69, 9.17) is 4.74 Å². The highest BCUT2D eigenvalue weighted by Crippen LogP contribution is 2.28. The third-order valence-electron chi connectivity index (χ3n) is 3.88. The largest absolute Gasteiger partial charge is 0.508 e. The lowest BCUT2D eigenvalue weighted by atomic mass is 9.95. The number of nitrogens with zero attached hydrogens (tertiary/aromatic N) is 1. The highest BCUT2D eigenvalue weighted by atomic mass is 16.5. The zero-order valence-electron chi connectivity index (χ0n) is 11.0. The Morgan fingerprint density at radius 2 is 2.16 bits per heavy atom. The van der Waals surface area contributed by atoms with Gasteiger partial charge in [-0.2, -0.15) is 0 Å². The first-order valence-corrected chi connectivity index (χ1v) is 7.01. The van der Waals surface area contributed by atoms with E-state index in [-0.39, 0.29) is 11.9 Å². The first-order valence-electron chi connectivity index (χ1n) is 7.01. The number of benzene rings is 1. The zero-order chi connectivity index (χ0) is 13.1. The molecule has 4 heteroatoms. The van der Waals surface area contributed by atoms with Gasteiger partial charge in [0.1, 0.15) is 11.9 Å². The van der Waals surface area contributed by atoms with E-state index in [1.165, 1.54) is 12.8 Å². The molecule has 1 aromatic carbocycles. The van der Waals surface area contributed by atoms with Crippen molar-refractivity contribution in [3.05, 3.63) is 29.8 Å². The molecule has 1 saturated heterocycles. The van der Waals surface area contributed by atoms with Crippen LogP contribution in [0, 0.1) is 5.92 Å². The summed E-state index contributed by atoms with van der Waals surface area (Å²) in [5.74, 6) is 1.87. The lowest BCUT2D eigenvalue weighted by Gasteiger charge is -2.22. The summed E-state index contributed by atoms with van der Waals surface area (Å²) in [5.41, 5.74) is 1.00. The summed E-state index contributed by atoms with van der Waals surface area (Å²) in [7, 11) is 0. The molecule has 0 amide bonds. The van der Waals surface area contributed by atoms with Crippen LogP contribution >= 0.6 is 0 Å². The fourth-order valence-corrected chi connectivity index (χ4v) is 2.77. The quantitative estimate of drug-likeness (QED) is 0.876. The van der Waals surface area contributed by atoms with Crippen LogP contribution in [0.25, 0.3) is 0 Å². The first-order chi connectivity index (χ1) is 9.31. The van der Waals surface area contributed by atoms with Gasteiger partial charge in [-0.3, -0.25) is 4.99 Å². The molecular weight excluding hydrogens is 240 g/mol. The van der Waals surface area contributed by atoms with Crippen molar-refractivity contribution in [3.8, 4) is 5.75 Å². The van der Waals surface area contributed by atoms with Crippen LogP contribution in [0.5, 0.6) is 5.75 Å². The van der Waals surface area contributed by atoms with Crippen molar-refractivity contribution >= 4 is 5.90 Å². The van der Waals surface area contributed by atoms with Gasteiger partial charge >= 0.3 is 0 Å². The van der Waals surface area contributed by atoms with Gasteiger partial charge in [0.25, 0.3) is 0 Å². The minimum absolute atomic E-state index is 0.0242. The summed E-state index contributed by atoms with van der Waals surface area (Å²) in [6.45, 7) is 2.88. The molecule has 2 aliphatic rings. The van der Waals surface area contributed by atoms with Crippen LogP contribution in [0.4, 0.5) is 0 Å². The van der Waals surface area contributed by atoms with Crippen LogP contribution in [0.1, 0.15) is 30.9 Å². The second kappa shape index (κ2) is 5.61. The van der Waals surface area contributed by atoms with Gasteiger partial charge in [0.2, 0.25) is 0 Å². The van der Waals surface area contributed by atoms with Crippen molar-refractivity contribution in [1.29, 1.82) is 0 Å². The van der Waals surface area contributed by atoms with Gasteiger partial charge in [-0.1, -0.05) is 12.1 Å². The van der Waals surface area contributed by atoms with Gasteiger partial charge in [-0.05, 0) is 49.5 Å². The number of hydrogen-bond donors (Lipinski definition) is 2. The number of phenolic OH excluding ortho intramolecular Hbond substituents is 1. The van der Waals surface area contributed by atoms with Crippen LogP contribution in [0.3, 0.4) is 0 Å². The Bertz CT molecular complexity index is 467. The van der Waals surface area contributed by atoms with Crippen molar-refractivity contribution in [2.45, 2.75) is 25.4 Å². The number of aromatic hydroxyl groups is 1. The van der Waals surface area contributed by atoms with Gasteiger partial charge in [0.15, 0.2) is 5.90 Å². The minimum Gasteiger partial charge on any atom is -0.508 e. The highest BCUT2D eigenvalue weighted by Gasteiger charge is 2.24. The molecule has 0 aromatic heterocycles. The SMILES string of the molecule is Oc1cccc(C2CN=C(CC3CCNCC3)O2)c1. The van der Waals surface area contributed by atoms with E-state index in [2.05, 4.69) is 10.3 Å². The van der Waals surface area contributed by atoms with Gasteiger partial charge in [-0.25, -0.2) is 0 Å². The topological polar surface area (TPSA) is 53.9 Å². The molecule has 0 saturated carbocycles. The van der Waals surface area contributed by atoms with E-state index in [1.54, 1.807) is 12.1 Å². The number of nitrogens with one attached hydrogen (secondary N) is 1. The molecule has 1 unspecified atom stereocenters. The molecule has 1 atom stereocenters. The van der Waals surface area contributed by atoms with Crippen LogP contribution < -0.4 is 5.32 Å². The van der Waals surface area contributed by atoms with E-state index in [0.29, 0.717) is 12.5 Å². The molecule has 0 aliphatic carbocycles. The first kappa shape index (κ1) is 12.5. The average Bonchev–Trinajstić information content (AvgIpc) is 2.88. The molecule has 2 N–H and O–H groups in total. The van der Waals surface area contributed by atoms with Crippen LogP contribution in [-0.4, -0.2) is 30.6 Å². The van der Waals surface area contributed by atoms with Gasteiger partial charge < -0.3 is 15.2 Å². The summed E-state index contributed by atoms with van der Waals surface area (Å²) in [5, 5.41) is 12.9. The normalized spacial score (nSPS) is 24.0. The van der Waals surface area contributed by atoms with E-state index in [0.717, 1.165) is 31.0 Å². The molecule has 1 fully saturated rings. The van der Waals surface area contributed by atoms with E-state index < -0.39 is 0 Å². The standard InChI is InChI=1S/C15H20N2O2/c18-13-3-1-2-12(9-13)14-10-17-15(19-14)8-11-4-6-16-7-5-11/h1-3,9,11,14,16,18H,4-8,10H2. The Kier molecular flexibility index (Phi) is 3.69. The van der Waals surface area contributed by atoms with Crippen molar-refractivity contribution in [2.24, 2.45) is 10.9 Å². The Balaban J connectivity index is 1.57. The van der Waals surface area contributed by atoms with Gasteiger partial charge in [-0.15, -0.1) is 0 Å². The predicted molar refractivity (Wildman–Crippen MR) is 74.4 cm³/mol. The van der Waals surface area contributed by atoms with E-state index >= 15 is 0 Å². The molecule has 2 aliphatic heterocycles. The third-order valence-corrected chi connectivity index (χ3v) is 3.88. The summed E-state index contributed by atoms with van der Waals surface area (Å²) in [4.78, 5) is 4.51. The molecule has 3 rings (SSSR count). The van der Waals surface area contributed by atoms with Crippen LogP contribution in [-0.2, 0) is 4.74 Å². The van der Waals surface area contributed by atoms with E-state index in [1.807, 2.05) is 12.1 Å². The Hall–Kier alpha value is -1.55. The average molecular weight is 260 g/mol. The summed E-state index contributed by atoms with van der Waals surface area (Å²) < 4.78 is 5.92. The van der Waals surface area contributed by atoms with Crippen molar-refractivity contribution in [1.82, 2.24) is 5.32 Å². The maximum atomic E-state index is 9.50. The Morgan fingerprint density at radius 1 is 1.32 bits per heavy atom. The number of rotatable bonds is 3. The van der Waals surface area contributed by atoms with Crippen LogP contribution in [0.2, 0.25) is 0 Å². The number of ether oxygens (including phenoxy) is 1. The van der Waals surface area contributed by atoms with Crippen molar-refractivity contribution < 1.29 is 9.84 Å². The molecular formula is C15H20N2O2. The highest BCUT2D eigenvalue weighted by molar-refractivity contribution is 5.78. The fraction of sp³-hybridized carbons (Fsp3) is 0.533. The maximum Gasteiger partial charge on any atom is 0.184 e. The van der Waals surface area contributed by atoms with Crippen molar-refractivity contribution in [2.75, 3.05) is 19.6 Å². The fourth-order valence-electron chi connectivity index (χ4n) is 2.77. The number of phenols is 1. The molecule has 0 radical (unpaired) electrons. The lowest BCUT2D eigenvalue weighted by Crippen LogP contribution is -2.29. The minimum atomic E-state index is -0.0242. The third kappa shape index (κ3) is 3.07. The molecule has 0 spiro atoms. The monoisotopic (exact) mass is 260 g/mol.